The van der Waals surface area contributed by atoms with Crippen molar-refractivity contribution in [2.24, 2.45) is 11.8 Å². The highest BCUT2D eigenvalue weighted by atomic mass is 32.2. The average molecular weight is 328 g/mol. The minimum absolute atomic E-state index is 0.200. The molecule has 0 fully saturated rings. The fourth-order valence-electron chi connectivity index (χ4n) is 2.11. The molecule has 1 rings (SSSR count). The lowest BCUT2D eigenvalue weighted by atomic mass is 9.99. The zero-order chi connectivity index (χ0) is 15.7. The highest BCUT2D eigenvalue weighted by Gasteiger charge is 2.23. The van der Waals surface area contributed by atoms with E-state index in [1.807, 2.05) is 30.3 Å². The molecule has 2 unspecified atom stereocenters. The zero-order valence-corrected chi connectivity index (χ0v) is 14.8. The van der Waals surface area contributed by atoms with Crippen molar-refractivity contribution < 1.29 is 14.1 Å². The van der Waals surface area contributed by atoms with E-state index in [1.165, 1.54) is 0 Å². The van der Waals surface area contributed by atoms with Crippen LogP contribution >= 0.6 is 19.6 Å². The van der Waals surface area contributed by atoms with Crippen LogP contribution in [0.5, 0.6) is 0 Å². The van der Waals surface area contributed by atoms with E-state index in [0.29, 0.717) is 24.2 Å². The van der Waals surface area contributed by atoms with Gasteiger partial charge in [0, 0.05) is 16.6 Å². The molecule has 2 atom stereocenters. The van der Waals surface area contributed by atoms with Gasteiger partial charge in [0.2, 0.25) is 0 Å². The number of carbonyl (C=O) groups excluding carboxylic acids is 1. The van der Waals surface area contributed by atoms with Gasteiger partial charge in [0.1, 0.15) is 0 Å². The first-order valence-electron chi connectivity index (χ1n) is 7.39. The molecule has 0 saturated carbocycles. The predicted molar refractivity (Wildman–Crippen MR) is 90.6 cm³/mol. The summed E-state index contributed by atoms with van der Waals surface area (Å²) in [5.74, 6) is -0.0297. The highest BCUT2D eigenvalue weighted by Crippen LogP contribution is 2.34. The van der Waals surface area contributed by atoms with E-state index in [1.54, 1.807) is 18.7 Å². The van der Waals surface area contributed by atoms with Gasteiger partial charge in [-0.2, -0.15) is 0 Å². The van der Waals surface area contributed by atoms with Crippen LogP contribution in [0.3, 0.4) is 0 Å². The molecule has 0 aliphatic rings. The lowest BCUT2D eigenvalue weighted by Crippen LogP contribution is -2.22. The number of benzene rings is 1. The Morgan fingerprint density at radius 1 is 1.29 bits per heavy atom. The number of hydrogen-bond donors (Lipinski definition) is 0. The molecule has 0 aliphatic heterocycles. The first-order chi connectivity index (χ1) is 10.0. The first-order valence-corrected chi connectivity index (χ1v) is 10.2. The minimum atomic E-state index is -1.78. The van der Waals surface area contributed by atoms with Crippen LogP contribution in [-0.2, 0) is 14.1 Å². The molecule has 0 amide bonds. The Hall–Kier alpha value is -0.730. The average Bonchev–Trinajstić information content (AvgIpc) is 2.45. The Bertz CT molecular complexity index is 448. The van der Waals surface area contributed by atoms with Crippen LogP contribution in [0.1, 0.15) is 27.2 Å². The van der Waals surface area contributed by atoms with Crippen molar-refractivity contribution in [1.82, 2.24) is 0 Å². The van der Waals surface area contributed by atoms with Gasteiger partial charge in [-0.05, 0) is 31.4 Å². The maximum atomic E-state index is 12.3. The summed E-state index contributed by atoms with van der Waals surface area (Å²) in [6, 6.07) is 9.93. The fourth-order valence-corrected chi connectivity index (χ4v) is 5.12. The van der Waals surface area contributed by atoms with Crippen LogP contribution in [0.15, 0.2) is 35.2 Å². The van der Waals surface area contributed by atoms with Crippen LogP contribution in [0.25, 0.3) is 0 Å². The molecule has 5 heteroatoms. The number of ether oxygens (including phenoxy) is 1. The summed E-state index contributed by atoms with van der Waals surface area (Å²) < 4.78 is 17.4. The molecule has 0 N–H and O–H groups in total. The van der Waals surface area contributed by atoms with Crippen LogP contribution in [0, 0.1) is 11.8 Å². The Labute approximate surface area is 132 Å². The molecule has 0 saturated heterocycles. The summed E-state index contributed by atoms with van der Waals surface area (Å²) in [4.78, 5) is 13.1. The van der Waals surface area contributed by atoms with Gasteiger partial charge in [0.25, 0.3) is 0 Å². The lowest BCUT2D eigenvalue weighted by molar-refractivity contribution is -0.147. The quantitative estimate of drug-likeness (QED) is 0.380. The van der Waals surface area contributed by atoms with Gasteiger partial charge >= 0.3 is 5.97 Å². The molecule has 0 radical (unpaired) electrons. The van der Waals surface area contributed by atoms with E-state index in [4.69, 9.17) is 4.74 Å². The van der Waals surface area contributed by atoms with Crippen molar-refractivity contribution in [2.45, 2.75) is 32.1 Å². The second-order valence-electron chi connectivity index (χ2n) is 5.42. The van der Waals surface area contributed by atoms with Gasteiger partial charge in [-0.3, -0.25) is 4.79 Å². The zero-order valence-electron chi connectivity index (χ0n) is 13.0. The van der Waals surface area contributed by atoms with Crippen LogP contribution in [0.2, 0.25) is 0 Å². The van der Waals surface area contributed by atoms with E-state index >= 15 is 0 Å². The maximum absolute atomic E-state index is 12.3. The number of hydrogen-bond acceptors (Lipinski definition) is 4. The molecule has 0 spiro atoms. The standard InChI is InChI=1S/C16H25O3PS/c1-4-19-16(17)14(10-13(2)3)11-20(18)12-21-15-8-6-5-7-9-15/h5-9,13-14,20H,4,10-12H2,1-3H3. The predicted octanol–water partition coefficient (Wildman–Crippen LogP) is 4.52. The smallest absolute Gasteiger partial charge is 0.309 e. The Balaban J connectivity index is 2.49. The number of thioether (sulfide) groups is 1. The number of rotatable bonds is 9. The highest BCUT2D eigenvalue weighted by molar-refractivity contribution is 8.03. The van der Waals surface area contributed by atoms with Gasteiger partial charge in [-0.15, -0.1) is 11.8 Å². The summed E-state index contributed by atoms with van der Waals surface area (Å²) >= 11 is 1.60. The third kappa shape index (κ3) is 7.73. The molecular weight excluding hydrogens is 303 g/mol. The normalized spacial score (nSPS) is 13.9. The van der Waals surface area contributed by atoms with Crippen molar-refractivity contribution in [3.05, 3.63) is 30.3 Å². The SMILES string of the molecule is CCOC(=O)C(CC(C)C)C[PH](=O)CSc1ccccc1. The van der Waals surface area contributed by atoms with Crippen molar-refractivity contribution in [1.29, 1.82) is 0 Å². The maximum Gasteiger partial charge on any atom is 0.309 e. The van der Waals surface area contributed by atoms with E-state index < -0.39 is 7.80 Å². The fraction of sp³-hybridized carbons (Fsp3) is 0.562. The second-order valence-corrected chi connectivity index (χ2v) is 8.82. The molecule has 1 aromatic rings. The molecule has 1 aromatic carbocycles. The Morgan fingerprint density at radius 3 is 2.52 bits per heavy atom. The lowest BCUT2D eigenvalue weighted by Gasteiger charge is -2.17. The van der Waals surface area contributed by atoms with Crippen molar-refractivity contribution in [2.75, 3.05) is 18.3 Å². The van der Waals surface area contributed by atoms with Gasteiger partial charge in [-0.1, -0.05) is 32.0 Å². The molecule has 118 valence electrons. The van der Waals surface area contributed by atoms with Crippen LogP contribution < -0.4 is 0 Å². The summed E-state index contributed by atoms with van der Waals surface area (Å²) in [5.41, 5.74) is 0.586. The van der Waals surface area contributed by atoms with Gasteiger partial charge in [-0.25, -0.2) is 0 Å². The molecular formula is C16H25O3PS. The Kier molecular flexibility index (Phi) is 8.79. The minimum Gasteiger partial charge on any atom is -0.466 e. The van der Waals surface area contributed by atoms with Crippen molar-refractivity contribution in [3.63, 3.8) is 0 Å². The number of carbonyl (C=O) groups is 1. The summed E-state index contributed by atoms with van der Waals surface area (Å²) in [7, 11) is -1.78. The first kappa shape index (κ1) is 18.3. The topological polar surface area (TPSA) is 43.4 Å². The van der Waals surface area contributed by atoms with E-state index in [2.05, 4.69) is 13.8 Å². The third-order valence-corrected chi connectivity index (χ3v) is 6.41. The van der Waals surface area contributed by atoms with E-state index in [9.17, 15) is 9.36 Å². The molecule has 0 aromatic heterocycles. The molecule has 0 bridgehead atoms. The van der Waals surface area contributed by atoms with Gasteiger partial charge in [0.15, 0.2) is 0 Å². The van der Waals surface area contributed by atoms with Crippen LogP contribution in [-0.4, -0.2) is 24.2 Å². The molecule has 21 heavy (non-hydrogen) atoms. The van der Waals surface area contributed by atoms with Crippen molar-refractivity contribution in [3.8, 4) is 0 Å². The third-order valence-electron chi connectivity index (χ3n) is 2.99. The molecule has 0 heterocycles. The van der Waals surface area contributed by atoms with E-state index in [-0.39, 0.29) is 11.9 Å². The van der Waals surface area contributed by atoms with Crippen LogP contribution in [0.4, 0.5) is 0 Å². The number of esters is 1. The van der Waals surface area contributed by atoms with Crippen molar-refractivity contribution >= 4 is 25.5 Å². The van der Waals surface area contributed by atoms with E-state index in [0.717, 1.165) is 11.3 Å². The second kappa shape index (κ2) is 10.1. The van der Waals surface area contributed by atoms with Gasteiger partial charge < -0.3 is 9.30 Å². The molecule has 0 aliphatic carbocycles. The Morgan fingerprint density at radius 2 is 1.95 bits per heavy atom. The summed E-state index contributed by atoms with van der Waals surface area (Å²) in [6.45, 7) is 6.33. The summed E-state index contributed by atoms with van der Waals surface area (Å²) in [6.07, 6.45) is 1.20. The van der Waals surface area contributed by atoms with Gasteiger partial charge in [0.05, 0.1) is 20.3 Å². The molecule has 3 nitrogen and oxygen atoms in total. The largest absolute Gasteiger partial charge is 0.466 e. The summed E-state index contributed by atoms with van der Waals surface area (Å²) in [5, 5.41) is 0. The monoisotopic (exact) mass is 328 g/mol.